The first-order valence-electron chi connectivity index (χ1n) is 6.03. The van der Waals surface area contributed by atoms with Crippen molar-refractivity contribution in [3.05, 3.63) is 18.0 Å². The van der Waals surface area contributed by atoms with E-state index in [2.05, 4.69) is 5.10 Å². The van der Waals surface area contributed by atoms with Gasteiger partial charge in [-0.05, 0) is 25.8 Å². The lowest BCUT2D eigenvalue weighted by atomic mass is 9.77. The second kappa shape index (κ2) is 4.66. The Hall–Kier alpha value is -1.46. The van der Waals surface area contributed by atoms with Gasteiger partial charge in [-0.3, -0.25) is 4.68 Å². The highest BCUT2D eigenvalue weighted by atomic mass is 19.3. The first-order valence-corrected chi connectivity index (χ1v) is 6.03. The Bertz CT molecular complexity index is 437. The maximum Gasteiger partial charge on any atom is 0.356 e. The molecule has 1 saturated carbocycles. The quantitative estimate of drug-likeness (QED) is 0.780. The Morgan fingerprint density at radius 2 is 2.33 bits per heavy atom. The van der Waals surface area contributed by atoms with Gasteiger partial charge in [-0.25, -0.2) is 13.6 Å². The number of rotatable bonds is 4. The monoisotopic (exact) mass is 258 g/mol. The van der Waals surface area contributed by atoms with Gasteiger partial charge in [0.1, 0.15) is 5.69 Å². The third kappa shape index (κ3) is 2.37. The molecule has 0 amide bonds. The molecule has 2 rings (SSSR count). The summed E-state index contributed by atoms with van der Waals surface area (Å²) in [7, 11) is 0. The van der Waals surface area contributed by atoms with Crippen molar-refractivity contribution in [2.75, 3.05) is 6.61 Å². The SMILES string of the molecule is CCOC(=O)c1ccnn1C(C)C1CC(F)(F)C1. The summed E-state index contributed by atoms with van der Waals surface area (Å²) in [4.78, 5) is 11.7. The largest absolute Gasteiger partial charge is 0.461 e. The molecule has 0 aliphatic heterocycles. The van der Waals surface area contributed by atoms with Gasteiger partial charge in [0.05, 0.1) is 12.6 Å². The molecule has 0 aromatic carbocycles. The van der Waals surface area contributed by atoms with Crippen LogP contribution in [0.4, 0.5) is 8.78 Å². The highest BCUT2D eigenvalue weighted by molar-refractivity contribution is 5.87. The van der Waals surface area contributed by atoms with Crippen LogP contribution in [0.1, 0.15) is 43.2 Å². The fourth-order valence-corrected chi connectivity index (χ4v) is 2.25. The molecule has 0 bridgehead atoms. The summed E-state index contributed by atoms with van der Waals surface area (Å²) in [6, 6.07) is 1.32. The minimum Gasteiger partial charge on any atom is -0.461 e. The molecule has 18 heavy (non-hydrogen) atoms. The second-order valence-corrected chi connectivity index (χ2v) is 4.65. The van der Waals surface area contributed by atoms with Crippen molar-refractivity contribution in [1.82, 2.24) is 9.78 Å². The van der Waals surface area contributed by atoms with Crippen molar-refractivity contribution in [2.24, 2.45) is 5.92 Å². The van der Waals surface area contributed by atoms with Crippen molar-refractivity contribution < 1.29 is 18.3 Å². The molecular weight excluding hydrogens is 242 g/mol. The van der Waals surface area contributed by atoms with Gasteiger partial charge >= 0.3 is 5.97 Å². The van der Waals surface area contributed by atoms with E-state index in [4.69, 9.17) is 4.74 Å². The van der Waals surface area contributed by atoms with E-state index in [0.717, 1.165) is 0 Å². The fourth-order valence-electron chi connectivity index (χ4n) is 2.25. The van der Waals surface area contributed by atoms with Crippen LogP contribution in [0, 0.1) is 5.92 Å². The van der Waals surface area contributed by atoms with Gasteiger partial charge < -0.3 is 4.74 Å². The molecule has 1 fully saturated rings. The third-order valence-corrected chi connectivity index (χ3v) is 3.34. The molecule has 1 aliphatic rings. The van der Waals surface area contributed by atoms with Gasteiger partial charge in [0.2, 0.25) is 5.92 Å². The molecule has 1 aliphatic carbocycles. The van der Waals surface area contributed by atoms with Gasteiger partial charge in [-0.15, -0.1) is 0 Å². The predicted molar refractivity (Wildman–Crippen MR) is 60.6 cm³/mol. The first-order chi connectivity index (χ1) is 8.44. The average Bonchev–Trinajstić information content (AvgIpc) is 2.73. The van der Waals surface area contributed by atoms with E-state index < -0.39 is 11.9 Å². The molecule has 6 heteroatoms. The van der Waals surface area contributed by atoms with Crippen molar-refractivity contribution in [2.45, 2.75) is 38.7 Å². The predicted octanol–water partition coefficient (Wildman–Crippen LogP) is 2.67. The maximum atomic E-state index is 12.8. The Balaban J connectivity index is 2.09. The van der Waals surface area contributed by atoms with Crippen molar-refractivity contribution in [1.29, 1.82) is 0 Å². The maximum absolute atomic E-state index is 12.8. The van der Waals surface area contributed by atoms with Crippen molar-refractivity contribution in [3.8, 4) is 0 Å². The zero-order valence-corrected chi connectivity index (χ0v) is 10.4. The molecule has 1 aromatic rings. The number of halogens is 2. The lowest BCUT2D eigenvalue weighted by Crippen LogP contribution is -2.40. The number of alkyl halides is 2. The zero-order chi connectivity index (χ0) is 13.3. The fraction of sp³-hybridized carbons (Fsp3) is 0.667. The van der Waals surface area contributed by atoms with Crippen LogP contribution in [-0.4, -0.2) is 28.3 Å². The molecule has 0 N–H and O–H groups in total. The molecule has 4 nitrogen and oxygen atoms in total. The summed E-state index contributed by atoms with van der Waals surface area (Å²) in [6.45, 7) is 3.80. The Labute approximate surface area is 104 Å². The average molecular weight is 258 g/mol. The lowest BCUT2D eigenvalue weighted by Gasteiger charge is -2.38. The van der Waals surface area contributed by atoms with E-state index >= 15 is 0 Å². The van der Waals surface area contributed by atoms with Crippen LogP contribution in [0.15, 0.2) is 12.3 Å². The summed E-state index contributed by atoms with van der Waals surface area (Å²) in [5, 5.41) is 4.04. The Morgan fingerprint density at radius 3 is 2.89 bits per heavy atom. The van der Waals surface area contributed by atoms with Crippen LogP contribution in [0.3, 0.4) is 0 Å². The van der Waals surface area contributed by atoms with Gasteiger partial charge in [-0.1, -0.05) is 0 Å². The van der Waals surface area contributed by atoms with Crippen LogP contribution in [0.25, 0.3) is 0 Å². The number of carbonyl (C=O) groups excluding carboxylic acids is 1. The molecule has 1 heterocycles. The molecule has 0 radical (unpaired) electrons. The molecular formula is C12H16F2N2O2. The Morgan fingerprint density at radius 1 is 1.67 bits per heavy atom. The van der Waals surface area contributed by atoms with E-state index in [-0.39, 0.29) is 31.4 Å². The number of aromatic nitrogens is 2. The summed E-state index contributed by atoms with van der Waals surface area (Å²) in [5.74, 6) is -3.17. The van der Waals surface area contributed by atoms with Crippen molar-refractivity contribution >= 4 is 5.97 Å². The molecule has 100 valence electrons. The number of esters is 1. The molecule has 1 unspecified atom stereocenters. The number of hydrogen-bond donors (Lipinski definition) is 0. The zero-order valence-electron chi connectivity index (χ0n) is 10.4. The van der Waals surface area contributed by atoms with Crippen LogP contribution >= 0.6 is 0 Å². The first kappa shape index (κ1) is 13.0. The van der Waals surface area contributed by atoms with E-state index in [9.17, 15) is 13.6 Å². The Kier molecular flexibility index (Phi) is 3.36. The van der Waals surface area contributed by atoms with Gasteiger partial charge in [-0.2, -0.15) is 5.10 Å². The molecule has 0 saturated heterocycles. The number of nitrogens with zero attached hydrogens (tertiary/aromatic N) is 2. The van der Waals surface area contributed by atoms with Crippen LogP contribution in [0.2, 0.25) is 0 Å². The molecule has 0 spiro atoms. The lowest BCUT2D eigenvalue weighted by molar-refractivity contribution is -0.122. The molecule has 1 atom stereocenters. The van der Waals surface area contributed by atoms with Gasteiger partial charge in [0, 0.05) is 19.0 Å². The highest BCUT2D eigenvalue weighted by Crippen LogP contribution is 2.47. The summed E-state index contributed by atoms with van der Waals surface area (Å²) in [6.07, 6.45) is 1.20. The van der Waals surface area contributed by atoms with Crippen LogP contribution in [0.5, 0.6) is 0 Å². The smallest absolute Gasteiger partial charge is 0.356 e. The normalized spacial score (nSPS) is 20.2. The molecule has 1 aromatic heterocycles. The minimum atomic E-state index is -2.56. The topological polar surface area (TPSA) is 44.1 Å². The summed E-state index contributed by atoms with van der Waals surface area (Å²) >= 11 is 0. The minimum absolute atomic E-state index is 0.143. The highest BCUT2D eigenvalue weighted by Gasteiger charge is 2.48. The number of hydrogen-bond acceptors (Lipinski definition) is 3. The summed E-state index contributed by atoms with van der Waals surface area (Å²) in [5.41, 5.74) is 0.319. The second-order valence-electron chi connectivity index (χ2n) is 4.65. The standard InChI is InChI=1S/C12H16F2N2O2/c1-3-18-11(17)10-4-5-15-16(10)8(2)9-6-12(13,14)7-9/h4-5,8-9H,3,6-7H2,1-2H3. The van der Waals surface area contributed by atoms with E-state index in [0.29, 0.717) is 5.69 Å². The van der Waals surface area contributed by atoms with Crippen LogP contribution in [-0.2, 0) is 4.74 Å². The van der Waals surface area contributed by atoms with Crippen LogP contribution < -0.4 is 0 Å². The third-order valence-electron chi connectivity index (χ3n) is 3.34. The van der Waals surface area contributed by atoms with E-state index in [1.54, 1.807) is 19.9 Å². The number of carbonyl (C=O) groups is 1. The van der Waals surface area contributed by atoms with Gasteiger partial charge in [0.25, 0.3) is 0 Å². The summed E-state index contributed by atoms with van der Waals surface area (Å²) < 4.78 is 32.1. The number of ether oxygens (including phenoxy) is 1. The van der Waals surface area contributed by atoms with E-state index in [1.807, 2.05) is 0 Å². The van der Waals surface area contributed by atoms with Crippen molar-refractivity contribution in [3.63, 3.8) is 0 Å². The van der Waals surface area contributed by atoms with E-state index in [1.165, 1.54) is 10.9 Å². The van der Waals surface area contributed by atoms with Gasteiger partial charge in [0.15, 0.2) is 0 Å².